The van der Waals surface area contributed by atoms with Crippen LogP contribution < -0.4 is 0 Å². The summed E-state index contributed by atoms with van der Waals surface area (Å²) in [6, 6.07) is 5.42. The van der Waals surface area contributed by atoms with E-state index in [1.54, 1.807) is 19.2 Å². The molecule has 0 amide bonds. The SMILES string of the molecule is COCc1ccc(C=O)cc1Br. The van der Waals surface area contributed by atoms with E-state index < -0.39 is 0 Å². The van der Waals surface area contributed by atoms with Gasteiger partial charge in [0.05, 0.1) is 6.61 Å². The van der Waals surface area contributed by atoms with Crippen molar-refractivity contribution >= 4 is 22.2 Å². The lowest BCUT2D eigenvalue weighted by Crippen LogP contribution is -1.90. The van der Waals surface area contributed by atoms with Crippen LogP contribution in [-0.4, -0.2) is 13.4 Å². The molecular weight excluding hydrogens is 220 g/mol. The number of aldehydes is 1. The van der Waals surface area contributed by atoms with Crippen LogP contribution in [0.25, 0.3) is 0 Å². The molecule has 1 rings (SSSR count). The minimum Gasteiger partial charge on any atom is -0.380 e. The summed E-state index contributed by atoms with van der Waals surface area (Å²) in [5, 5.41) is 0. The van der Waals surface area contributed by atoms with Gasteiger partial charge in [0.2, 0.25) is 0 Å². The third-order valence-corrected chi connectivity index (χ3v) is 2.25. The Morgan fingerprint density at radius 3 is 2.83 bits per heavy atom. The predicted octanol–water partition coefficient (Wildman–Crippen LogP) is 2.41. The van der Waals surface area contributed by atoms with E-state index in [9.17, 15) is 4.79 Å². The van der Waals surface area contributed by atoms with Crippen LogP contribution in [0.4, 0.5) is 0 Å². The summed E-state index contributed by atoms with van der Waals surface area (Å²) in [5.74, 6) is 0. The van der Waals surface area contributed by atoms with E-state index in [0.717, 1.165) is 16.3 Å². The average molecular weight is 229 g/mol. The van der Waals surface area contributed by atoms with Gasteiger partial charge in [0.1, 0.15) is 6.29 Å². The van der Waals surface area contributed by atoms with Gasteiger partial charge in [-0.05, 0) is 11.6 Å². The number of halogens is 1. The Morgan fingerprint density at radius 1 is 1.58 bits per heavy atom. The second-order valence-corrected chi connectivity index (χ2v) is 3.26. The molecular formula is C9H9BrO2. The summed E-state index contributed by atoms with van der Waals surface area (Å²) in [6.07, 6.45) is 0.821. The first-order valence-corrected chi connectivity index (χ1v) is 4.29. The summed E-state index contributed by atoms with van der Waals surface area (Å²) in [6.45, 7) is 0.555. The molecule has 0 saturated carbocycles. The zero-order chi connectivity index (χ0) is 8.97. The van der Waals surface area contributed by atoms with E-state index in [-0.39, 0.29) is 0 Å². The van der Waals surface area contributed by atoms with Crippen molar-refractivity contribution < 1.29 is 9.53 Å². The van der Waals surface area contributed by atoms with Crippen LogP contribution in [0.2, 0.25) is 0 Å². The lowest BCUT2D eigenvalue weighted by atomic mass is 10.2. The van der Waals surface area contributed by atoms with Crippen LogP contribution in [0.15, 0.2) is 22.7 Å². The lowest BCUT2D eigenvalue weighted by molar-refractivity contribution is 0.112. The minimum atomic E-state index is 0.555. The van der Waals surface area contributed by atoms with E-state index in [1.807, 2.05) is 6.07 Å². The van der Waals surface area contributed by atoms with Crippen molar-refractivity contribution in [3.8, 4) is 0 Å². The van der Waals surface area contributed by atoms with E-state index in [0.29, 0.717) is 12.2 Å². The molecule has 0 aromatic heterocycles. The van der Waals surface area contributed by atoms with Gasteiger partial charge in [-0.25, -0.2) is 0 Å². The molecule has 0 spiro atoms. The van der Waals surface area contributed by atoms with E-state index in [2.05, 4.69) is 15.9 Å². The van der Waals surface area contributed by atoms with Crippen LogP contribution in [0.3, 0.4) is 0 Å². The van der Waals surface area contributed by atoms with Crippen molar-refractivity contribution in [2.75, 3.05) is 7.11 Å². The van der Waals surface area contributed by atoms with E-state index in [1.165, 1.54) is 0 Å². The van der Waals surface area contributed by atoms with Gasteiger partial charge >= 0.3 is 0 Å². The highest BCUT2D eigenvalue weighted by Gasteiger charge is 1.99. The van der Waals surface area contributed by atoms with Crippen molar-refractivity contribution in [3.05, 3.63) is 33.8 Å². The quantitative estimate of drug-likeness (QED) is 0.744. The zero-order valence-electron chi connectivity index (χ0n) is 6.71. The molecule has 0 saturated heterocycles. The Kier molecular flexibility index (Phi) is 3.44. The molecule has 1 aromatic carbocycles. The molecule has 0 unspecified atom stereocenters. The molecule has 0 atom stereocenters. The van der Waals surface area contributed by atoms with E-state index >= 15 is 0 Å². The predicted molar refractivity (Wildman–Crippen MR) is 50.2 cm³/mol. The number of benzene rings is 1. The zero-order valence-corrected chi connectivity index (χ0v) is 8.30. The molecule has 0 bridgehead atoms. The van der Waals surface area contributed by atoms with Gasteiger partial charge in [-0.15, -0.1) is 0 Å². The maximum Gasteiger partial charge on any atom is 0.150 e. The van der Waals surface area contributed by atoms with Crippen LogP contribution in [0, 0.1) is 0 Å². The molecule has 0 aliphatic carbocycles. The fourth-order valence-electron chi connectivity index (χ4n) is 0.909. The van der Waals surface area contributed by atoms with E-state index in [4.69, 9.17) is 4.74 Å². The molecule has 12 heavy (non-hydrogen) atoms. The molecule has 0 N–H and O–H groups in total. The van der Waals surface area contributed by atoms with Gasteiger partial charge in [0, 0.05) is 17.1 Å². The second-order valence-electron chi connectivity index (χ2n) is 2.40. The first-order valence-electron chi connectivity index (χ1n) is 3.50. The topological polar surface area (TPSA) is 26.3 Å². The van der Waals surface area contributed by atoms with Gasteiger partial charge in [-0.3, -0.25) is 4.79 Å². The Labute approximate surface area is 79.7 Å². The molecule has 3 heteroatoms. The number of methoxy groups -OCH3 is 1. The third-order valence-electron chi connectivity index (χ3n) is 1.51. The number of carbonyl (C=O) groups excluding carboxylic acids is 1. The van der Waals surface area contributed by atoms with Gasteiger partial charge in [0.15, 0.2) is 0 Å². The van der Waals surface area contributed by atoms with Crippen molar-refractivity contribution in [3.63, 3.8) is 0 Å². The Hall–Kier alpha value is -0.670. The third kappa shape index (κ3) is 2.16. The normalized spacial score (nSPS) is 9.83. The second kappa shape index (κ2) is 4.38. The Bertz CT molecular complexity index is 284. The molecule has 64 valence electrons. The molecule has 0 radical (unpaired) electrons. The van der Waals surface area contributed by atoms with Gasteiger partial charge in [-0.2, -0.15) is 0 Å². The lowest BCUT2D eigenvalue weighted by Gasteiger charge is -2.02. The highest BCUT2D eigenvalue weighted by molar-refractivity contribution is 9.10. The summed E-state index contributed by atoms with van der Waals surface area (Å²) >= 11 is 3.35. The molecule has 0 fully saturated rings. The smallest absolute Gasteiger partial charge is 0.150 e. The summed E-state index contributed by atoms with van der Waals surface area (Å²) < 4.78 is 5.87. The number of hydrogen-bond donors (Lipinski definition) is 0. The summed E-state index contributed by atoms with van der Waals surface area (Å²) in [5.41, 5.74) is 1.71. The molecule has 0 aliphatic heterocycles. The number of ether oxygens (including phenoxy) is 1. The van der Waals surface area contributed by atoms with Crippen molar-refractivity contribution in [1.82, 2.24) is 0 Å². The van der Waals surface area contributed by atoms with Crippen LogP contribution in [0.5, 0.6) is 0 Å². The average Bonchev–Trinajstić information content (AvgIpc) is 2.09. The van der Waals surface area contributed by atoms with Gasteiger partial charge in [0.25, 0.3) is 0 Å². The number of carbonyl (C=O) groups is 1. The molecule has 1 aromatic rings. The standard InChI is InChI=1S/C9H9BrO2/c1-12-6-8-3-2-7(5-11)4-9(8)10/h2-5H,6H2,1H3. The summed E-state index contributed by atoms with van der Waals surface area (Å²) in [4.78, 5) is 10.4. The molecule has 0 heterocycles. The van der Waals surface area contributed by atoms with Gasteiger partial charge in [-0.1, -0.05) is 28.1 Å². The van der Waals surface area contributed by atoms with Crippen LogP contribution in [0.1, 0.15) is 15.9 Å². The van der Waals surface area contributed by atoms with Gasteiger partial charge < -0.3 is 4.74 Å². The largest absolute Gasteiger partial charge is 0.380 e. The highest BCUT2D eigenvalue weighted by Crippen LogP contribution is 2.18. The van der Waals surface area contributed by atoms with Crippen molar-refractivity contribution in [2.45, 2.75) is 6.61 Å². The monoisotopic (exact) mass is 228 g/mol. The van der Waals surface area contributed by atoms with Crippen molar-refractivity contribution in [1.29, 1.82) is 0 Å². The van der Waals surface area contributed by atoms with Crippen LogP contribution in [-0.2, 0) is 11.3 Å². The summed E-state index contributed by atoms with van der Waals surface area (Å²) in [7, 11) is 1.64. The first kappa shape index (κ1) is 9.42. The number of hydrogen-bond acceptors (Lipinski definition) is 2. The fourth-order valence-corrected chi connectivity index (χ4v) is 1.42. The maximum absolute atomic E-state index is 10.4. The number of rotatable bonds is 3. The highest BCUT2D eigenvalue weighted by atomic mass is 79.9. The van der Waals surface area contributed by atoms with Crippen molar-refractivity contribution in [2.24, 2.45) is 0 Å². The molecule has 0 aliphatic rings. The maximum atomic E-state index is 10.4. The van der Waals surface area contributed by atoms with Crippen LogP contribution >= 0.6 is 15.9 Å². The Balaban J connectivity index is 2.94. The molecule has 2 nitrogen and oxygen atoms in total. The first-order chi connectivity index (χ1) is 5.77. The minimum absolute atomic E-state index is 0.555. The fraction of sp³-hybridized carbons (Fsp3) is 0.222. The Morgan fingerprint density at radius 2 is 2.33 bits per heavy atom.